The Hall–Kier alpha value is -1.87. The van der Waals surface area contributed by atoms with Gasteiger partial charge in [-0.25, -0.2) is 0 Å². The molecule has 0 aliphatic carbocycles. The van der Waals surface area contributed by atoms with Crippen LogP contribution in [0.25, 0.3) is 10.9 Å². The molecule has 1 N–H and O–H groups in total. The van der Waals surface area contributed by atoms with E-state index in [0.717, 1.165) is 33.3 Å². The molecular formula is C15H13NOS. The average molecular weight is 255 g/mol. The molecule has 2 aromatic heterocycles. The van der Waals surface area contributed by atoms with Crippen LogP contribution in [0.3, 0.4) is 0 Å². The first-order valence-corrected chi connectivity index (χ1v) is 6.77. The van der Waals surface area contributed by atoms with Crippen LogP contribution in [-0.2, 0) is 0 Å². The van der Waals surface area contributed by atoms with E-state index in [0.29, 0.717) is 0 Å². The van der Waals surface area contributed by atoms with Gasteiger partial charge in [0.2, 0.25) is 0 Å². The molecule has 18 heavy (non-hydrogen) atoms. The molecule has 0 saturated heterocycles. The second kappa shape index (κ2) is 4.10. The molecule has 0 atom stereocenters. The van der Waals surface area contributed by atoms with Gasteiger partial charge in [0.05, 0.1) is 5.56 Å². The summed E-state index contributed by atoms with van der Waals surface area (Å²) in [6.45, 7) is 3.93. The first-order chi connectivity index (χ1) is 8.68. The highest BCUT2D eigenvalue weighted by molar-refractivity contribution is 7.08. The van der Waals surface area contributed by atoms with Crippen LogP contribution < -0.4 is 0 Å². The van der Waals surface area contributed by atoms with E-state index in [1.165, 1.54) is 0 Å². The van der Waals surface area contributed by atoms with E-state index in [2.05, 4.69) is 4.98 Å². The van der Waals surface area contributed by atoms with Crippen LogP contribution >= 0.6 is 11.3 Å². The molecule has 0 fully saturated rings. The van der Waals surface area contributed by atoms with E-state index in [9.17, 15) is 4.79 Å². The van der Waals surface area contributed by atoms with Crippen molar-refractivity contribution in [2.24, 2.45) is 0 Å². The minimum absolute atomic E-state index is 0.115. The summed E-state index contributed by atoms with van der Waals surface area (Å²) < 4.78 is 0. The number of ketones is 1. The van der Waals surface area contributed by atoms with Crippen molar-refractivity contribution < 1.29 is 4.79 Å². The SMILES string of the molecule is Cc1cscc1C(=O)c1c(C)[nH]c2ccccc12. The summed E-state index contributed by atoms with van der Waals surface area (Å²) in [6, 6.07) is 7.93. The number of H-pyrrole nitrogens is 1. The fourth-order valence-electron chi connectivity index (χ4n) is 2.30. The van der Waals surface area contributed by atoms with Crippen LogP contribution in [0.2, 0.25) is 0 Å². The van der Waals surface area contributed by atoms with Crippen molar-refractivity contribution in [1.29, 1.82) is 0 Å². The number of para-hydroxylation sites is 1. The number of carbonyl (C=O) groups excluding carboxylic acids is 1. The maximum Gasteiger partial charge on any atom is 0.196 e. The minimum atomic E-state index is 0.115. The number of aryl methyl sites for hydroxylation is 2. The molecule has 0 aliphatic heterocycles. The van der Waals surface area contributed by atoms with Crippen LogP contribution in [0.4, 0.5) is 0 Å². The van der Waals surface area contributed by atoms with Crippen LogP contribution in [0, 0.1) is 13.8 Å². The van der Waals surface area contributed by atoms with Crippen LogP contribution in [0.15, 0.2) is 35.0 Å². The summed E-state index contributed by atoms with van der Waals surface area (Å²) >= 11 is 1.57. The lowest BCUT2D eigenvalue weighted by Gasteiger charge is -2.00. The molecule has 0 saturated carbocycles. The second-order valence-corrected chi connectivity index (χ2v) is 5.21. The molecule has 3 heteroatoms. The normalized spacial score (nSPS) is 11.0. The zero-order chi connectivity index (χ0) is 12.7. The Morgan fingerprint density at radius 3 is 2.67 bits per heavy atom. The smallest absolute Gasteiger partial charge is 0.196 e. The molecule has 0 aliphatic rings. The Labute approximate surface area is 109 Å². The highest BCUT2D eigenvalue weighted by Gasteiger charge is 2.19. The maximum atomic E-state index is 12.6. The summed E-state index contributed by atoms with van der Waals surface area (Å²) in [5.41, 5.74) is 4.62. The molecule has 0 radical (unpaired) electrons. The lowest BCUT2D eigenvalue weighted by atomic mass is 10.0. The van der Waals surface area contributed by atoms with Crippen molar-refractivity contribution in [3.63, 3.8) is 0 Å². The van der Waals surface area contributed by atoms with Gasteiger partial charge in [0.25, 0.3) is 0 Å². The number of nitrogens with one attached hydrogen (secondary N) is 1. The number of aromatic nitrogens is 1. The number of hydrogen-bond acceptors (Lipinski definition) is 2. The Morgan fingerprint density at radius 2 is 1.94 bits per heavy atom. The quantitative estimate of drug-likeness (QED) is 0.688. The third kappa shape index (κ3) is 1.59. The predicted octanol–water partition coefficient (Wildman–Crippen LogP) is 4.08. The van der Waals surface area contributed by atoms with Crippen molar-refractivity contribution in [3.05, 3.63) is 57.4 Å². The summed E-state index contributed by atoms with van der Waals surface area (Å²) in [6.07, 6.45) is 0. The van der Waals surface area contributed by atoms with Gasteiger partial charge in [-0.15, -0.1) is 0 Å². The van der Waals surface area contributed by atoms with Gasteiger partial charge in [0, 0.05) is 27.5 Å². The largest absolute Gasteiger partial charge is 0.358 e. The number of rotatable bonds is 2. The second-order valence-electron chi connectivity index (χ2n) is 4.47. The van der Waals surface area contributed by atoms with E-state index in [-0.39, 0.29) is 5.78 Å². The number of thiophene rings is 1. The molecule has 2 nitrogen and oxygen atoms in total. The zero-order valence-electron chi connectivity index (χ0n) is 10.3. The number of hydrogen-bond donors (Lipinski definition) is 1. The molecule has 0 spiro atoms. The summed E-state index contributed by atoms with van der Waals surface area (Å²) in [4.78, 5) is 15.9. The van der Waals surface area contributed by atoms with Crippen molar-refractivity contribution in [2.75, 3.05) is 0 Å². The van der Waals surface area contributed by atoms with Crippen molar-refractivity contribution in [3.8, 4) is 0 Å². The first-order valence-electron chi connectivity index (χ1n) is 5.83. The number of fused-ring (bicyclic) bond motifs is 1. The fraction of sp³-hybridized carbons (Fsp3) is 0.133. The Morgan fingerprint density at radius 1 is 1.17 bits per heavy atom. The zero-order valence-corrected chi connectivity index (χ0v) is 11.1. The van der Waals surface area contributed by atoms with Gasteiger partial charge in [0.15, 0.2) is 5.78 Å². The van der Waals surface area contributed by atoms with Crippen molar-refractivity contribution in [2.45, 2.75) is 13.8 Å². The predicted molar refractivity (Wildman–Crippen MR) is 75.5 cm³/mol. The lowest BCUT2D eigenvalue weighted by molar-refractivity contribution is 0.103. The van der Waals surface area contributed by atoms with Crippen LogP contribution in [0.5, 0.6) is 0 Å². The molecule has 1 aromatic carbocycles. The van der Waals surface area contributed by atoms with E-state index in [1.807, 2.05) is 48.9 Å². The summed E-state index contributed by atoms with van der Waals surface area (Å²) in [5.74, 6) is 0.115. The molecule has 0 amide bonds. The summed E-state index contributed by atoms with van der Waals surface area (Å²) in [5, 5.41) is 4.95. The number of benzene rings is 1. The van der Waals surface area contributed by atoms with Crippen LogP contribution in [-0.4, -0.2) is 10.8 Å². The monoisotopic (exact) mass is 255 g/mol. The standard InChI is InChI=1S/C15H13NOS/c1-9-7-18-8-12(9)15(17)14-10(2)16-13-6-4-3-5-11(13)14/h3-8,16H,1-2H3. The molecule has 3 rings (SSSR count). The fourth-order valence-corrected chi connectivity index (χ4v) is 3.13. The summed E-state index contributed by atoms with van der Waals surface area (Å²) in [7, 11) is 0. The van der Waals surface area contributed by atoms with E-state index < -0.39 is 0 Å². The van der Waals surface area contributed by atoms with Crippen molar-refractivity contribution in [1.82, 2.24) is 4.98 Å². The van der Waals surface area contributed by atoms with Gasteiger partial charge in [-0.05, 0) is 30.9 Å². The van der Waals surface area contributed by atoms with Gasteiger partial charge in [-0.1, -0.05) is 18.2 Å². The minimum Gasteiger partial charge on any atom is -0.358 e. The third-order valence-corrected chi connectivity index (χ3v) is 4.08. The Kier molecular flexibility index (Phi) is 2.56. The van der Waals surface area contributed by atoms with Gasteiger partial charge in [0.1, 0.15) is 0 Å². The number of carbonyl (C=O) groups is 1. The van der Waals surface area contributed by atoms with Gasteiger partial charge in [-0.3, -0.25) is 4.79 Å². The van der Waals surface area contributed by atoms with E-state index in [4.69, 9.17) is 0 Å². The topological polar surface area (TPSA) is 32.9 Å². The van der Waals surface area contributed by atoms with Gasteiger partial charge >= 0.3 is 0 Å². The van der Waals surface area contributed by atoms with Crippen molar-refractivity contribution >= 4 is 28.0 Å². The van der Waals surface area contributed by atoms with Gasteiger partial charge < -0.3 is 4.98 Å². The Balaban J connectivity index is 2.23. The molecule has 0 unspecified atom stereocenters. The molecule has 0 bridgehead atoms. The van der Waals surface area contributed by atoms with E-state index >= 15 is 0 Å². The molecule has 90 valence electrons. The van der Waals surface area contributed by atoms with E-state index in [1.54, 1.807) is 11.3 Å². The molecule has 2 heterocycles. The first kappa shape index (κ1) is 11.2. The average Bonchev–Trinajstić information content (AvgIpc) is 2.91. The number of aromatic amines is 1. The van der Waals surface area contributed by atoms with Gasteiger partial charge in [-0.2, -0.15) is 11.3 Å². The maximum absolute atomic E-state index is 12.6. The highest BCUT2D eigenvalue weighted by atomic mass is 32.1. The lowest BCUT2D eigenvalue weighted by Crippen LogP contribution is -2.02. The molecule has 3 aromatic rings. The van der Waals surface area contributed by atoms with Crippen LogP contribution in [0.1, 0.15) is 27.2 Å². The third-order valence-electron chi connectivity index (χ3n) is 3.22. The highest BCUT2D eigenvalue weighted by Crippen LogP contribution is 2.26. The molecular weight excluding hydrogens is 242 g/mol. The Bertz CT molecular complexity index is 736.